The first kappa shape index (κ1) is 13.3. The maximum Gasteiger partial charge on any atom is 0.371 e. The lowest BCUT2D eigenvalue weighted by molar-refractivity contribution is -0.214. The normalized spacial score (nSPS) is 11.5. The number of hydrogen-bond donors (Lipinski definition) is 2. The van der Waals surface area contributed by atoms with Crippen molar-refractivity contribution in [1.82, 2.24) is 0 Å². The maximum atomic E-state index is 11.7. The van der Waals surface area contributed by atoms with Crippen LogP contribution in [0.25, 0.3) is 11.0 Å². The molecule has 0 aliphatic carbocycles. The first-order valence-electron chi connectivity index (χ1n) is 5.62. The second kappa shape index (κ2) is 4.83. The number of benzene rings is 1. The van der Waals surface area contributed by atoms with Crippen molar-refractivity contribution in [3.63, 3.8) is 0 Å². The molecule has 0 saturated heterocycles. The van der Waals surface area contributed by atoms with Crippen LogP contribution in [-0.4, -0.2) is 22.8 Å². The highest BCUT2D eigenvalue weighted by molar-refractivity contribution is 5.82. The Morgan fingerprint density at radius 3 is 2.74 bits per heavy atom. The lowest BCUT2D eigenvalue weighted by Gasteiger charge is -2.18. The molecule has 0 saturated carbocycles. The molecular formula is C13H12O6. The van der Waals surface area contributed by atoms with Gasteiger partial charge in [0.1, 0.15) is 11.1 Å². The van der Waals surface area contributed by atoms with E-state index in [2.05, 4.69) is 4.74 Å². The van der Waals surface area contributed by atoms with Crippen molar-refractivity contribution in [2.24, 2.45) is 0 Å². The van der Waals surface area contributed by atoms with E-state index in [-0.39, 0.29) is 12.2 Å². The van der Waals surface area contributed by atoms with Crippen molar-refractivity contribution >= 4 is 16.9 Å². The van der Waals surface area contributed by atoms with Gasteiger partial charge in [0.05, 0.1) is 6.61 Å². The summed E-state index contributed by atoms with van der Waals surface area (Å²) in [5, 5.41) is 20.0. The summed E-state index contributed by atoms with van der Waals surface area (Å²) in [6.45, 7) is 1.47. The molecule has 0 amide bonds. The number of esters is 1. The van der Waals surface area contributed by atoms with Gasteiger partial charge in [-0.3, -0.25) is 0 Å². The number of fused-ring (bicyclic) bond motifs is 1. The average molecular weight is 264 g/mol. The van der Waals surface area contributed by atoms with Crippen LogP contribution in [0.2, 0.25) is 0 Å². The minimum absolute atomic E-state index is 0.0411. The zero-order chi connectivity index (χ0) is 14.0. The van der Waals surface area contributed by atoms with Crippen LogP contribution in [-0.2, 0) is 15.3 Å². The molecule has 6 heteroatoms. The molecule has 0 spiro atoms. The van der Waals surface area contributed by atoms with Crippen molar-refractivity contribution in [1.29, 1.82) is 0 Å². The van der Waals surface area contributed by atoms with Crippen molar-refractivity contribution in [3.05, 3.63) is 46.3 Å². The second-order valence-electron chi connectivity index (χ2n) is 3.88. The molecule has 19 heavy (non-hydrogen) atoms. The quantitative estimate of drug-likeness (QED) is 0.476. The van der Waals surface area contributed by atoms with E-state index in [0.29, 0.717) is 5.39 Å². The van der Waals surface area contributed by atoms with E-state index in [1.807, 2.05) is 0 Å². The van der Waals surface area contributed by atoms with Gasteiger partial charge in [-0.2, -0.15) is 0 Å². The van der Waals surface area contributed by atoms with Crippen molar-refractivity contribution in [3.8, 4) is 0 Å². The molecule has 0 radical (unpaired) electrons. The highest BCUT2D eigenvalue weighted by Gasteiger charge is 2.40. The molecular weight excluding hydrogens is 252 g/mol. The SMILES string of the molecule is CCOC(=O)C(O)(O)c1cc2ccccc2oc1=O. The summed E-state index contributed by atoms with van der Waals surface area (Å²) >= 11 is 0. The van der Waals surface area contributed by atoms with Gasteiger partial charge in [-0.15, -0.1) is 0 Å². The zero-order valence-corrected chi connectivity index (χ0v) is 10.1. The van der Waals surface area contributed by atoms with Crippen LogP contribution in [0.5, 0.6) is 0 Å². The number of ether oxygens (including phenoxy) is 1. The molecule has 1 aromatic heterocycles. The summed E-state index contributed by atoms with van der Waals surface area (Å²) in [6, 6.07) is 7.72. The lowest BCUT2D eigenvalue weighted by atomic mass is 10.1. The number of aliphatic hydroxyl groups is 2. The van der Waals surface area contributed by atoms with E-state index in [0.717, 1.165) is 0 Å². The molecule has 0 bridgehead atoms. The smallest absolute Gasteiger partial charge is 0.371 e. The van der Waals surface area contributed by atoms with E-state index in [1.165, 1.54) is 13.0 Å². The van der Waals surface area contributed by atoms with Crippen LogP contribution in [0.3, 0.4) is 0 Å². The largest absolute Gasteiger partial charge is 0.462 e. The predicted molar refractivity (Wildman–Crippen MR) is 65.2 cm³/mol. The van der Waals surface area contributed by atoms with Crippen LogP contribution < -0.4 is 5.63 Å². The summed E-state index contributed by atoms with van der Waals surface area (Å²) in [4.78, 5) is 23.1. The molecule has 1 aromatic carbocycles. The first-order valence-corrected chi connectivity index (χ1v) is 5.62. The van der Waals surface area contributed by atoms with Crippen LogP contribution >= 0.6 is 0 Å². The van der Waals surface area contributed by atoms with Crippen LogP contribution in [0, 0.1) is 0 Å². The fourth-order valence-electron chi connectivity index (χ4n) is 1.65. The zero-order valence-electron chi connectivity index (χ0n) is 10.1. The summed E-state index contributed by atoms with van der Waals surface area (Å²) in [5.74, 6) is -4.35. The molecule has 0 atom stereocenters. The fourth-order valence-corrected chi connectivity index (χ4v) is 1.65. The molecule has 1 heterocycles. The van der Waals surface area contributed by atoms with Gasteiger partial charge in [0.2, 0.25) is 0 Å². The second-order valence-corrected chi connectivity index (χ2v) is 3.88. The number of carbonyl (C=O) groups excluding carboxylic acids is 1. The van der Waals surface area contributed by atoms with Gasteiger partial charge >= 0.3 is 11.6 Å². The molecule has 0 aliphatic rings. The lowest BCUT2D eigenvalue weighted by Crippen LogP contribution is -2.40. The molecule has 2 rings (SSSR count). The molecule has 0 aliphatic heterocycles. The van der Waals surface area contributed by atoms with Gasteiger partial charge in [-0.05, 0) is 19.1 Å². The molecule has 100 valence electrons. The Balaban J connectivity index is 2.59. The summed E-state index contributed by atoms with van der Waals surface area (Å²) in [7, 11) is 0. The van der Waals surface area contributed by atoms with Crippen molar-refractivity contribution in [2.75, 3.05) is 6.61 Å². The number of rotatable bonds is 3. The molecule has 6 nitrogen and oxygen atoms in total. The fraction of sp³-hybridized carbons (Fsp3) is 0.231. The van der Waals surface area contributed by atoms with Crippen LogP contribution in [0.4, 0.5) is 0 Å². The number of hydrogen-bond acceptors (Lipinski definition) is 6. The Labute approximate surface area is 107 Å². The third-order valence-electron chi connectivity index (χ3n) is 2.58. The van der Waals surface area contributed by atoms with Crippen LogP contribution in [0.1, 0.15) is 12.5 Å². The van der Waals surface area contributed by atoms with Gasteiger partial charge in [0.25, 0.3) is 5.79 Å². The third-order valence-corrected chi connectivity index (χ3v) is 2.58. The standard InChI is InChI=1S/C13H12O6/c1-2-18-12(15)13(16,17)9-7-8-5-3-4-6-10(8)19-11(9)14/h3-7,16-17H,2H2,1H3. The van der Waals surface area contributed by atoms with E-state index in [1.54, 1.807) is 24.3 Å². The van der Waals surface area contributed by atoms with Gasteiger partial charge < -0.3 is 19.4 Å². The predicted octanol–water partition coefficient (Wildman–Crippen LogP) is 0.494. The number of carbonyl (C=O) groups is 1. The van der Waals surface area contributed by atoms with Crippen molar-refractivity contribution < 1.29 is 24.2 Å². The Morgan fingerprint density at radius 1 is 1.37 bits per heavy atom. The third kappa shape index (κ3) is 2.35. The molecule has 2 N–H and O–H groups in total. The highest BCUT2D eigenvalue weighted by atomic mass is 16.6. The Kier molecular flexibility index (Phi) is 3.37. The van der Waals surface area contributed by atoms with Gasteiger partial charge in [0.15, 0.2) is 0 Å². The summed E-state index contributed by atoms with van der Waals surface area (Å²) in [5.41, 5.74) is -1.29. The summed E-state index contributed by atoms with van der Waals surface area (Å²) < 4.78 is 9.43. The maximum absolute atomic E-state index is 11.7. The van der Waals surface area contributed by atoms with E-state index >= 15 is 0 Å². The Bertz CT molecular complexity index is 670. The first-order chi connectivity index (χ1) is 8.96. The number of para-hydroxylation sites is 1. The monoisotopic (exact) mass is 264 g/mol. The molecule has 2 aromatic rings. The van der Waals surface area contributed by atoms with E-state index in [9.17, 15) is 19.8 Å². The Morgan fingerprint density at radius 2 is 2.05 bits per heavy atom. The van der Waals surface area contributed by atoms with Gasteiger partial charge in [-0.25, -0.2) is 9.59 Å². The molecule has 0 unspecified atom stereocenters. The van der Waals surface area contributed by atoms with E-state index in [4.69, 9.17) is 4.42 Å². The van der Waals surface area contributed by atoms with Gasteiger partial charge in [-0.1, -0.05) is 18.2 Å². The molecule has 0 fully saturated rings. The van der Waals surface area contributed by atoms with Crippen LogP contribution in [0.15, 0.2) is 39.5 Å². The topological polar surface area (TPSA) is 97.0 Å². The minimum atomic E-state index is -3.03. The van der Waals surface area contributed by atoms with Crippen molar-refractivity contribution in [2.45, 2.75) is 12.7 Å². The van der Waals surface area contributed by atoms with E-state index < -0.39 is 22.9 Å². The summed E-state index contributed by atoms with van der Waals surface area (Å²) in [6.07, 6.45) is 0. The Hall–Kier alpha value is -2.18. The minimum Gasteiger partial charge on any atom is -0.462 e. The highest BCUT2D eigenvalue weighted by Crippen LogP contribution is 2.21. The average Bonchev–Trinajstić information content (AvgIpc) is 2.38. The van der Waals surface area contributed by atoms with Gasteiger partial charge in [0, 0.05) is 5.39 Å².